The van der Waals surface area contributed by atoms with Crippen molar-refractivity contribution < 1.29 is 14.3 Å². The highest BCUT2D eigenvalue weighted by Gasteiger charge is 2.33. The third kappa shape index (κ3) is 6.72. The van der Waals surface area contributed by atoms with Crippen molar-refractivity contribution in [3.8, 4) is 5.75 Å². The predicted molar refractivity (Wildman–Crippen MR) is 110 cm³/mol. The van der Waals surface area contributed by atoms with E-state index in [9.17, 15) is 4.79 Å². The third-order valence-electron chi connectivity index (χ3n) is 4.47. The summed E-state index contributed by atoms with van der Waals surface area (Å²) in [5.74, 6) is 0.676. The van der Waals surface area contributed by atoms with Gasteiger partial charge in [-0.25, -0.2) is 0 Å². The maximum absolute atomic E-state index is 12.8. The molecule has 4 nitrogen and oxygen atoms in total. The monoisotopic (exact) mass is 369 g/mol. The van der Waals surface area contributed by atoms with Gasteiger partial charge in [0, 0.05) is 12.3 Å². The second-order valence-corrected chi connectivity index (χ2v) is 6.94. The number of carbonyl (C=O) groups is 1. The summed E-state index contributed by atoms with van der Waals surface area (Å²) in [5, 5.41) is 2.98. The molecule has 0 fully saturated rings. The molecular weight excluding hydrogens is 338 g/mol. The van der Waals surface area contributed by atoms with E-state index in [-0.39, 0.29) is 5.91 Å². The molecule has 0 aliphatic carbocycles. The standard InChI is InChI=1S/C23H31NO3/c1-4-6-16-23(3,27-17-5-2)22(25)24-20-12-14-21(15-13-20)26-18-19-10-8-7-9-11-19/h7-15H,4-6,16-18H2,1-3H3,(H,24,25). The summed E-state index contributed by atoms with van der Waals surface area (Å²) in [7, 11) is 0. The number of amides is 1. The van der Waals surface area contributed by atoms with E-state index >= 15 is 0 Å². The van der Waals surface area contributed by atoms with Gasteiger partial charge in [0.1, 0.15) is 18.0 Å². The van der Waals surface area contributed by atoms with Crippen LogP contribution in [0.2, 0.25) is 0 Å². The van der Waals surface area contributed by atoms with Gasteiger partial charge in [0.15, 0.2) is 0 Å². The number of ether oxygens (including phenoxy) is 2. The summed E-state index contributed by atoms with van der Waals surface area (Å²) in [4.78, 5) is 12.8. The highest BCUT2D eigenvalue weighted by Crippen LogP contribution is 2.23. The maximum atomic E-state index is 12.8. The van der Waals surface area contributed by atoms with E-state index in [1.807, 2.05) is 68.4 Å². The molecule has 0 aliphatic heterocycles. The summed E-state index contributed by atoms with van der Waals surface area (Å²) in [6, 6.07) is 17.5. The van der Waals surface area contributed by atoms with Crippen molar-refractivity contribution in [1.82, 2.24) is 0 Å². The first-order valence-electron chi connectivity index (χ1n) is 9.79. The number of benzene rings is 2. The number of carbonyl (C=O) groups excluding carboxylic acids is 1. The molecule has 2 rings (SSSR count). The number of rotatable bonds is 11. The fourth-order valence-corrected chi connectivity index (χ4v) is 2.73. The average Bonchev–Trinajstić information content (AvgIpc) is 2.71. The zero-order valence-corrected chi connectivity index (χ0v) is 16.7. The van der Waals surface area contributed by atoms with Gasteiger partial charge in [-0.1, -0.05) is 57.0 Å². The molecule has 4 heteroatoms. The summed E-state index contributed by atoms with van der Waals surface area (Å²) in [5.41, 5.74) is 1.07. The fraction of sp³-hybridized carbons (Fsp3) is 0.435. The van der Waals surface area contributed by atoms with Gasteiger partial charge in [0.2, 0.25) is 0 Å². The van der Waals surface area contributed by atoms with Gasteiger partial charge in [-0.15, -0.1) is 0 Å². The first kappa shape index (κ1) is 21.0. The summed E-state index contributed by atoms with van der Waals surface area (Å²) >= 11 is 0. The van der Waals surface area contributed by atoms with Crippen LogP contribution in [-0.4, -0.2) is 18.1 Å². The van der Waals surface area contributed by atoms with Crippen LogP contribution in [0.3, 0.4) is 0 Å². The predicted octanol–water partition coefficient (Wildman–Crippen LogP) is 5.58. The molecule has 2 aromatic carbocycles. The Balaban J connectivity index is 1.94. The van der Waals surface area contributed by atoms with Crippen LogP contribution in [0.1, 0.15) is 52.0 Å². The number of anilines is 1. The van der Waals surface area contributed by atoms with Crippen molar-refractivity contribution in [1.29, 1.82) is 0 Å². The van der Waals surface area contributed by atoms with Crippen LogP contribution in [0.15, 0.2) is 54.6 Å². The molecule has 1 amide bonds. The number of hydrogen-bond acceptors (Lipinski definition) is 3. The Morgan fingerprint density at radius 2 is 1.70 bits per heavy atom. The molecule has 27 heavy (non-hydrogen) atoms. The second-order valence-electron chi connectivity index (χ2n) is 6.94. The van der Waals surface area contributed by atoms with Crippen LogP contribution in [0.5, 0.6) is 5.75 Å². The number of unbranched alkanes of at least 4 members (excludes halogenated alkanes) is 1. The van der Waals surface area contributed by atoms with Gasteiger partial charge in [-0.05, 0) is 49.6 Å². The smallest absolute Gasteiger partial charge is 0.256 e. The Kier molecular flexibility index (Phi) is 8.34. The van der Waals surface area contributed by atoms with E-state index < -0.39 is 5.60 Å². The molecule has 1 N–H and O–H groups in total. The van der Waals surface area contributed by atoms with Crippen molar-refractivity contribution in [2.24, 2.45) is 0 Å². The molecule has 0 bridgehead atoms. The second kappa shape index (κ2) is 10.7. The quantitative estimate of drug-likeness (QED) is 0.562. The van der Waals surface area contributed by atoms with E-state index in [0.29, 0.717) is 19.6 Å². The van der Waals surface area contributed by atoms with Crippen LogP contribution >= 0.6 is 0 Å². The van der Waals surface area contributed by atoms with Crippen molar-refractivity contribution in [2.45, 2.75) is 58.7 Å². The Morgan fingerprint density at radius 3 is 2.33 bits per heavy atom. The average molecular weight is 370 g/mol. The van der Waals surface area contributed by atoms with E-state index in [0.717, 1.165) is 36.3 Å². The van der Waals surface area contributed by atoms with Crippen LogP contribution in [-0.2, 0) is 16.1 Å². The third-order valence-corrected chi connectivity index (χ3v) is 4.47. The lowest BCUT2D eigenvalue weighted by Crippen LogP contribution is -2.43. The summed E-state index contributed by atoms with van der Waals surface area (Å²) in [6.07, 6.45) is 3.60. The highest BCUT2D eigenvalue weighted by molar-refractivity contribution is 5.97. The van der Waals surface area contributed by atoms with Crippen LogP contribution in [0, 0.1) is 0 Å². The molecule has 0 saturated heterocycles. The molecule has 0 saturated carbocycles. The fourth-order valence-electron chi connectivity index (χ4n) is 2.73. The lowest BCUT2D eigenvalue weighted by Gasteiger charge is -2.28. The molecule has 0 aromatic heterocycles. The van der Waals surface area contributed by atoms with Crippen LogP contribution in [0.25, 0.3) is 0 Å². The molecule has 1 atom stereocenters. The number of nitrogens with one attached hydrogen (secondary N) is 1. The molecule has 0 heterocycles. The van der Waals surface area contributed by atoms with E-state index in [1.54, 1.807) is 0 Å². The zero-order chi connectivity index (χ0) is 19.5. The van der Waals surface area contributed by atoms with Crippen LogP contribution in [0.4, 0.5) is 5.69 Å². The van der Waals surface area contributed by atoms with Gasteiger partial charge in [-0.2, -0.15) is 0 Å². The Labute approximate surface area is 162 Å². The van der Waals surface area contributed by atoms with Crippen molar-refractivity contribution >= 4 is 11.6 Å². The lowest BCUT2D eigenvalue weighted by atomic mass is 9.97. The Bertz CT molecular complexity index is 675. The van der Waals surface area contributed by atoms with Crippen molar-refractivity contribution in [2.75, 3.05) is 11.9 Å². The number of hydrogen-bond donors (Lipinski definition) is 1. The maximum Gasteiger partial charge on any atom is 0.256 e. The first-order valence-corrected chi connectivity index (χ1v) is 9.79. The molecular formula is C23H31NO3. The minimum absolute atomic E-state index is 0.0950. The van der Waals surface area contributed by atoms with E-state index in [1.165, 1.54) is 0 Å². The Morgan fingerprint density at radius 1 is 1.00 bits per heavy atom. The van der Waals surface area contributed by atoms with Crippen molar-refractivity contribution in [3.05, 3.63) is 60.2 Å². The van der Waals surface area contributed by atoms with Crippen LogP contribution < -0.4 is 10.1 Å². The minimum Gasteiger partial charge on any atom is -0.489 e. The van der Waals surface area contributed by atoms with E-state index in [4.69, 9.17) is 9.47 Å². The highest BCUT2D eigenvalue weighted by atomic mass is 16.5. The zero-order valence-electron chi connectivity index (χ0n) is 16.7. The van der Waals surface area contributed by atoms with Crippen molar-refractivity contribution in [3.63, 3.8) is 0 Å². The van der Waals surface area contributed by atoms with Gasteiger partial charge in [0.05, 0.1) is 0 Å². The van der Waals surface area contributed by atoms with Gasteiger partial charge in [-0.3, -0.25) is 4.79 Å². The lowest BCUT2D eigenvalue weighted by molar-refractivity contribution is -0.140. The van der Waals surface area contributed by atoms with Gasteiger partial charge < -0.3 is 14.8 Å². The first-order chi connectivity index (χ1) is 13.1. The molecule has 146 valence electrons. The summed E-state index contributed by atoms with van der Waals surface area (Å²) in [6.45, 7) is 7.15. The SMILES string of the molecule is CCCCC(C)(OCCC)C(=O)Nc1ccc(OCc2ccccc2)cc1. The molecule has 1 unspecified atom stereocenters. The summed E-state index contributed by atoms with van der Waals surface area (Å²) < 4.78 is 11.7. The molecule has 0 spiro atoms. The molecule has 0 aliphatic rings. The molecule has 0 radical (unpaired) electrons. The normalized spacial score (nSPS) is 13.0. The molecule has 2 aromatic rings. The van der Waals surface area contributed by atoms with Gasteiger partial charge >= 0.3 is 0 Å². The minimum atomic E-state index is -0.797. The largest absolute Gasteiger partial charge is 0.489 e. The van der Waals surface area contributed by atoms with E-state index in [2.05, 4.69) is 12.2 Å². The van der Waals surface area contributed by atoms with Gasteiger partial charge in [0.25, 0.3) is 5.91 Å². The Hall–Kier alpha value is -2.33. The topological polar surface area (TPSA) is 47.6 Å².